The quantitative estimate of drug-likeness (QED) is 0.885. The standard InChI is InChI=1S/C12H11ClN4/c1-7(2)15-12-11(13)16-10-5-8(6-14)3-4-9(10)17-12/h3-5,7H,1-2H3,(H,15,17). The van der Waals surface area contributed by atoms with Crippen molar-refractivity contribution in [3.8, 4) is 6.07 Å². The molecule has 2 aromatic rings. The largest absolute Gasteiger partial charge is 0.365 e. The summed E-state index contributed by atoms with van der Waals surface area (Å²) in [6.07, 6.45) is 0. The SMILES string of the molecule is CC(C)Nc1nc2ccc(C#N)cc2nc1Cl. The average molecular weight is 247 g/mol. The fourth-order valence-corrected chi connectivity index (χ4v) is 1.66. The number of fused-ring (bicyclic) bond motifs is 1. The maximum atomic E-state index is 8.80. The Morgan fingerprint density at radius 1 is 1.29 bits per heavy atom. The Labute approximate surface area is 104 Å². The number of nitrogens with zero attached hydrogens (tertiary/aromatic N) is 3. The van der Waals surface area contributed by atoms with Gasteiger partial charge in [0.05, 0.1) is 22.7 Å². The van der Waals surface area contributed by atoms with Crippen LogP contribution in [0.1, 0.15) is 19.4 Å². The summed E-state index contributed by atoms with van der Waals surface area (Å²) in [6, 6.07) is 7.45. The molecule has 86 valence electrons. The van der Waals surface area contributed by atoms with Crippen molar-refractivity contribution in [2.75, 3.05) is 5.32 Å². The lowest BCUT2D eigenvalue weighted by molar-refractivity contribution is 0.889. The molecule has 0 radical (unpaired) electrons. The van der Waals surface area contributed by atoms with Crippen LogP contribution >= 0.6 is 11.6 Å². The maximum Gasteiger partial charge on any atom is 0.172 e. The average Bonchev–Trinajstić information content (AvgIpc) is 2.29. The topological polar surface area (TPSA) is 61.6 Å². The van der Waals surface area contributed by atoms with Crippen molar-refractivity contribution in [3.63, 3.8) is 0 Å². The molecular formula is C12H11ClN4. The fourth-order valence-electron chi connectivity index (χ4n) is 1.47. The lowest BCUT2D eigenvalue weighted by Crippen LogP contribution is -2.12. The molecular weight excluding hydrogens is 236 g/mol. The predicted octanol–water partition coefficient (Wildman–Crippen LogP) is 2.98. The monoisotopic (exact) mass is 246 g/mol. The first-order chi connectivity index (χ1) is 8.10. The minimum absolute atomic E-state index is 0.234. The van der Waals surface area contributed by atoms with Gasteiger partial charge in [-0.25, -0.2) is 9.97 Å². The zero-order valence-electron chi connectivity index (χ0n) is 9.53. The second-order valence-corrected chi connectivity index (χ2v) is 4.34. The van der Waals surface area contributed by atoms with Gasteiger partial charge in [-0.1, -0.05) is 11.6 Å². The molecule has 1 N–H and O–H groups in total. The normalized spacial score (nSPS) is 10.5. The number of hydrogen-bond donors (Lipinski definition) is 1. The van der Waals surface area contributed by atoms with Crippen LogP contribution in [0.2, 0.25) is 5.15 Å². The third kappa shape index (κ3) is 2.45. The molecule has 0 saturated heterocycles. The predicted molar refractivity (Wildman–Crippen MR) is 68.0 cm³/mol. The van der Waals surface area contributed by atoms with E-state index >= 15 is 0 Å². The highest BCUT2D eigenvalue weighted by Gasteiger charge is 2.08. The minimum Gasteiger partial charge on any atom is -0.365 e. The third-order valence-corrected chi connectivity index (χ3v) is 2.44. The van der Waals surface area contributed by atoms with E-state index in [0.717, 1.165) is 5.52 Å². The highest BCUT2D eigenvalue weighted by Crippen LogP contribution is 2.22. The molecule has 0 aliphatic rings. The van der Waals surface area contributed by atoms with E-state index in [1.165, 1.54) is 0 Å². The van der Waals surface area contributed by atoms with E-state index in [4.69, 9.17) is 16.9 Å². The Morgan fingerprint density at radius 2 is 2.06 bits per heavy atom. The van der Waals surface area contributed by atoms with Gasteiger partial charge >= 0.3 is 0 Å². The first kappa shape index (κ1) is 11.6. The molecule has 0 amide bonds. The number of halogens is 1. The van der Waals surface area contributed by atoms with Gasteiger partial charge in [0.1, 0.15) is 0 Å². The van der Waals surface area contributed by atoms with Gasteiger partial charge in [-0.3, -0.25) is 0 Å². The van der Waals surface area contributed by atoms with Crippen LogP contribution in [-0.2, 0) is 0 Å². The van der Waals surface area contributed by atoms with Crippen molar-refractivity contribution in [3.05, 3.63) is 28.9 Å². The van der Waals surface area contributed by atoms with E-state index in [1.807, 2.05) is 13.8 Å². The molecule has 0 bridgehead atoms. The summed E-state index contributed by atoms with van der Waals surface area (Å²) in [6.45, 7) is 4.00. The molecule has 1 heterocycles. The smallest absolute Gasteiger partial charge is 0.172 e. The van der Waals surface area contributed by atoms with E-state index in [-0.39, 0.29) is 6.04 Å². The number of nitriles is 1. The molecule has 0 unspecified atom stereocenters. The van der Waals surface area contributed by atoms with E-state index in [1.54, 1.807) is 18.2 Å². The van der Waals surface area contributed by atoms with Crippen LogP contribution in [0.4, 0.5) is 5.82 Å². The zero-order valence-corrected chi connectivity index (χ0v) is 10.3. The van der Waals surface area contributed by atoms with Crippen molar-refractivity contribution >= 4 is 28.5 Å². The van der Waals surface area contributed by atoms with E-state index in [9.17, 15) is 0 Å². The number of aromatic nitrogens is 2. The molecule has 5 heteroatoms. The molecule has 0 saturated carbocycles. The van der Waals surface area contributed by atoms with Crippen molar-refractivity contribution in [1.82, 2.24) is 9.97 Å². The highest BCUT2D eigenvalue weighted by atomic mass is 35.5. The molecule has 0 spiro atoms. The van der Waals surface area contributed by atoms with Gasteiger partial charge in [0.15, 0.2) is 11.0 Å². The second-order valence-electron chi connectivity index (χ2n) is 3.98. The second kappa shape index (κ2) is 4.56. The summed E-state index contributed by atoms with van der Waals surface area (Å²) >= 11 is 6.02. The Balaban J connectivity index is 2.55. The van der Waals surface area contributed by atoms with Crippen molar-refractivity contribution in [2.45, 2.75) is 19.9 Å². The molecule has 0 atom stereocenters. The molecule has 0 fully saturated rings. The zero-order chi connectivity index (χ0) is 12.4. The van der Waals surface area contributed by atoms with Crippen LogP contribution in [-0.4, -0.2) is 16.0 Å². The highest BCUT2D eigenvalue weighted by molar-refractivity contribution is 6.32. The number of rotatable bonds is 2. The first-order valence-corrected chi connectivity index (χ1v) is 5.62. The van der Waals surface area contributed by atoms with Crippen molar-refractivity contribution in [2.24, 2.45) is 0 Å². The molecule has 1 aromatic carbocycles. The van der Waals surface area contributed by atoms with Gasteiger partial charge in [0, 0.05) is 6.04 Å². The summed E-state index contributed by atoms with van der Waals surface area (Å²) in [4.78, 5) is 8.60. The Kier molecular flexibility index (Phi) is 3.12. The van der Waals surface area contributed by atoms with Crippen LogP contribution in [0.25, 0.3) is 11.0 Å². The molecule has 2 rings (SSSR count). The van der Waals surface area contributed by atoms with E-state index in [2.05, 4.69) is 21.4 Å². The summed E-state index contributed by atoms with van der Waals surface area (Å²) in [5, 5.41) is 12.2. The molecule has 17 heavy (non-hydrogen) atoms. The number of anilines is 1. The molecule has 0 aliphatic heterocycles. The summed E-state index contributed by atoms with van der Waals surface area (Å²) in [5.41, 5.74) is 1.90. The number of benzene rings is 1. The minimum atomic E-state index is 0.234. The summed E-state index contributed by atoms with van der Waals surface area (Å²) in [5.74, 6) is 0.568. The van der Waals surface area contributed by atoms with Crippen LogP contribution < -0.4 is 5.32 Å². The van der Waals surface area contributed by atoms with E-state index < -0.39 is 0 Å². The van der Waals surface area contributed by atoms with Gasteiger partial charge < -0.3 is 5.32 Å². The summed E-state index contributed by atoms with van der Waals surface area (Å²) in [7, 11) is 0. The van der Waals surface area contributed by atoms with Gasteiger partial charge in [0.2, 0.25) is 0 Å². The van der Waals surface area contributed by atoms with Crippen molar-refractivity contribution in [1.29, 1.82) is 5.26 Å². The molecule has 4 nitrogen and oxygen atoms in total. The molecule has 0 aliphatic carbocycles. The fraction of sp³-hybridized carbons (Fsp3) is 0.250. The van der Waals surface area contributed by atoms with Gasteiger partial charge in [-0.2, -0.15) is 5.26 Å². The number of nitrogens with one attached hydrogen (secondary N) is 1. The van der Waals surface area contributed by atoms with Crippen LogP contribution in [0.15, 0.2) is 18.2 Å². The van der Waals surface area contributed by atoms with Crippen LogP contribution in [0, 0.1) is 11.3 Å². The summed E-state index contributed by atoms with van der Waals surface area (Å²) < 4.78 is 0. The Morgan fingerprint density at radius 3 is 2.71 bits per heavy atom. The Hall–Kier alpha value is -1.86. The maximum absolute atomic E-state index is 8.80. The Bertz CT molecular complexity index is 601. The molecule has 1 aromatic heterocycles. The van der Waals surface area contributed by atoms with E-state index in [0.29, 0.717) is 22.1 Å². The van der Waals surface area contributed by atoms with Gasteiger partial charge in [-0.05, 0) is 32.0 Å². The van der Waals surface area contributed by atoms with Crippen LogP contribution in [0.3, 0.4) is 0 Å². The lowest BCUT2D eigenvalue weighted by atomic mass is 10.2. The van der Waals surface area contributed by atoms with Crippen LogP contribution in [0.5, 0.6) is 0 Å². The van der Waals surface area contributed by atoms with Crippen molar-refractivity contribution < 1.29 is 0 Å². The first-order valence-electron chi connectivity index (χ1n) is 5.24. The van der Waals surface area contributed by atoms with Gasteiger partial charge in [0.25, 0.3) is 0 Å². The number of hydrogen-bond acceptors (Lipinski definition) is 4. The lowest BCUT2D eigenvalue weighted by Gasteiger charge is -2.10. The third-order valence-electron chi connectivity index (χ3n) is 2.18. The van der Waals surface area contributed by atoms with Gasteiger partial charge in [-0.15, -0.1) is 0 Å².